The summed E-state index contributed by atoms with van der Waals surface area (Å²) in [5.74, 6) is -0.837. The highest BCUT2D eigenvalue weighted by Crippen LogP contribution is 1.98. The average Bonchev–Trinajstić information content (AvgIpc) is 1.94. The molecule has 4 N–H and O–H groups in total. The maximum Gasteiger partial charge on any atom is 0.300 e. The number of nitrogens with one attached hydrogen (secondary N) is 1. The first-order valence-electron chi connectivity index (χ1n) is 3.77. The molecule has 70 valence electrons. The second-order valence-corrected chi connectivity index (χ2v) is 2.56. The van der Waals surface area contributed by atoms with Crippen LogP contribution in [0.3, 0.4) is 0 Å². The maximum absolute atomic E-state index is 10.6. The number of hydrogen-bond donors (Lipinski definition) is 3. The Balaban J connectivity index is 0.000000261. The van der Waals surface area contributed by atoms with Crippen molar-refractivity contribution >= 4 is 11.9 Å². The molecule has 5 heteroatoms. The topological polar surface area (TPSA) is 92.4 Å². The number of carbonyl (C=O) groups excluding carboxylic acids is 1. The molecular weight excluding hydrogens is 160 g/mol. The summed E-state index contributed by atoms with van der Waals surface area (Å²) in [7, 11) is 0. The van der Waals surface area contributed by atoms with Gasteiger partial charge in [0, 0.05) is 13.5 Å². The standard InChI is InChI=1S/C5H10N2O.C2H4O2/c6-4-2-1-3-7-5(4)8;1-2(3)4/h4H,1-3,6H2,(H,7,8);1H3,(H,3,4). The van der Waals surface area contributed by atoms with Crippen LogP contribution in [0.5, 0.6) is 0 Å². The van der Waals surface area contributed by atoms with Gasteiger partial charge in [0.05, 0.1) is 6.04 Å². The van der Waals surface area contributed by atoms with Crippen molar-refractivity contribution < 1.29 is 14.7 Å². The molecule has 0 bridgehead atoms. The van der Waals surface area contributed by atoms with E-state index in [0.717, 1.165) is 26.3 Å². The van der Waals surface area contributed by atoms with Crippen LogP contribution in [-0.4, -0.2) is 29.6 Å². The molecule has 5 nitrogen and oxygen atoms in total. The molecule has 0 saturated carbocycles. The highest BCUT2D eigenvalue weighted by Gasteiger charge is 2.15. The number of carboxylic acid groups (broad SMARTS) is 1. The fourth-order valence-corrected chi connectivity index (χ4v) is 0.796. The van der Waals surface area contributed by atoms with Crippen molar-refractivity contribution in [2.75, 3.05) is 6.54 Å². The second kappa shape index (κ2) is 5.54. The number of hydrogen-bond acceptors (Lipinski definition) is 3. The summed E-state index contributed by atoms with van der Waals surface area (Å²) in [6, 6.07) is -0.247. The van der Waals surface area contributed by atoms with E-state index >= 15 is 0 Å². The molecule has 12 heavy (non-hydrogen) atoms. The van der Waals surface area contributed by atoms with Gasteiger partial charge in [0.1, 0.15) is 0 Å². The average molecular weight is 174 g/mol. The van der Waals surface area contributed by atoms with E-state index in [-0.39, 0.29) is 11.9 Å². The third-order valence-electron chi connectivity index (χ3n) is 1.33. The van der Waals surface area contributed by atoms with E-state index in [0.29, 0.717) is 0 Å². The van der Waals surface area contributed by atoms with Crippen LogP contribution in [0.1, 0.15) is 19.8 Å². The van der Waals surface area contributed by atoms with Crippen LogP contribution in [-0.2, 0) is 9.59 Å². The molecule has 1 amide bonds. The molecule has 1 heterocycles. The Morgan fingerprint density at radius 2 is 2.25 bits per heavy atom. The Hall–Kier alpha value is -1.10. The minimum Gasteiger partial charge on any atom is -0.481 e. The third-order valence-corrected chi connectivity index (χ3v) is 1.33. The molecule has 1 rings (SSSR count). The fourth-order valence-electron chi connectivity index (χ4n) is 0.796. The first-order chi connectivity index (χ1) is 5.54. The summed E-state index contributed by atoms with van der Waals surface area (Å²) in [6.45, 7) is 1.88. The Bertz CT molecular complexity index is 166. The van der Waals surface area contributed by atoms with Crippen molar-refractivity contribution in [1.82, 2.24) is 5.32 Å². The van der Waals surface area contributed by atoms with Crippen LogP contribution < -0.4 is 11.1 Å². The highest BCUT2D eigenvalue weighted by molar-refractivity contribution is 5.81. The molecule has 1 fully saturated rings. The van der Waals surface area contributed by atoms with Crippen LogP contribution in [0.2, 0.25) is 0 Å². The van der Waals surface area contributed by atoms with Crippen molar-refractivity contribution in [1.29, 1.82) is 0 Å². The van der Waals surface area contributed by atoms with Gasteiger partial charge in [-0.3, -0.25) is 9.59 Å². The van der Waals surface area contributed by atoms with Crippen molar-refractivity contribution in [3.63, 3.8) is 0 Å². The number of amides is 1. The van der Waals surface area contributed by atoms with Crippen molar-refractivity contribution in [2.24, 2.45) is 5.73 Å². The second-order valence-electron chi connectivity index (χ2n) is 2.56. The molecule has 1 unspecified atom stereocenters. The molecule has 0 aromatic heterocycles. The summed E-state index contributed by atoms with van der Waals surface area (Å²) < 4.78 is 0. The van der Waals surface area contributed by atoms with E-state index in [9.17, 15) is 4.79 Å². The van der Waals surface area contributed by atoms with Crippen LogP contribution in [0.4, 0.5) is 0 Å². The molecule has 0 aliphatic carbocycles. The SMILES string of the molecule is CC(=O)O.NC1CCCNC1=O. The lowest BCUT2D eigenvalue weighted by molar-refractivity contribution is -0.134. The first kappa shape index (κ1) is 10.9. The number of rotatable bonds is 0. The normalized spacial score (nSPS) is 21.8. The lowest BCUT2D eigenvalue weighted by Gasteiger charge is -2.16. The number of carbonyl (C=O) groups is 2. The van der Waals surface area contributed by atoms with Gasteiger partial charge in [-0.15, -0.1) is 0 Å². The lowest BCUT2D eigenvalue weighted by atomic mass is 10.1. The Morgan fingerprint density at radius 1 is 1.75 bits per heavy atom. The van der Waals surface area contributed by atoms with E-state index in [1.54, 1.807) is 0 Å². The number of aliphatic carboxylic acids is 1. The zero-order valence-corrected chi connectivity index (χ0v) is 7.04. The fraction of sp³-hybridized carbons (Fsp3) is 0.714. The van der Waals surface area contributed by atoms with E-state index in [1.165, 1.54) is 0 Å². The highest BCUT2D eigenvalue weighted by atomic mass is 16.4. The van der Waals surface area contributed by atoms with Gasteiger partial charge in [-0.05, 0) is 12.8 Å². The summed E-state index contributed by atoms with van der Waals surface area (Å²) in [5.41, 5.74) is 5.37. The Labute approximate surface area is 70.9 Å². The molecule has 0 aromatic rings. The van der Waals surface area contributed by atoms with Crippen molar-refractivity contribution in [2.45, 2.75) is 25.8 Å². The predicted octanol–water partition coefficient (Wildman–Crippen LogP) is -0.685. The van der Waals surface area contributed by atoms with Gasteiger partial charge in [0.15, 0.2) is 0 Å². The third kappa shape index (κ3) is 5.67. The van der Waals surface area contributed by atoms with Gasteiger partial charge in [-0.25, -0.2) is 0 Å². The van der Waals surface area contributed by atoms with Gasteiger partial charge in [-0.1, -0.05) is 0 Å². The number of carboxylic acids is 1. The van der Waals surface area contributed by atoms with Gasteiger partial charge >= 0.3 is 0 Å². The minimum absolute atomic E-state index is 0.00347. The predicted molar refractivity (Wildman–Crippen MR) is 43.5 cm³/mol. The molecule has 1 saturated heterocycles. The number of piperidine rings is 1. The quantitative estimate of drug-likeness (QED) is 0.453. The Morgan fingerprint density at radius 3 is 2.50 bits per heavy atom. The molecule has 0 radical (unpaired) electrons. The summed E-state index contributed by atoms with van der Waals surface area (Å²) in [5, 5.41) is 10.1. The van der Waals surface area contributed by atoms with Gasteiger partial charge in [0.2, 0.25) is 5.91 Å². The van der Waals surface area contributed by atoms with E-state index in [1.807, 2.05) is 0 Å². The minimum atomic E-state index is -0.833. The number of nitrogens with two attached hydrogens (primary N) is 1. The van der Waals surface area contributed by atoms with Crippen molar-refractivity contribution in [3.8, 4) is 0 Å². The van der Waals surface area contributed by atoms with Gasteiger partial charge < -0.3 is 16.2 Å². The zero-order chi connectivity index (χ0) is 9.56. The summed E-state index contributed by atoms with van der Waals surface area (Å²) in [4.78, 5) is 19.6. The molecular formula is C7H14N2O3. The van der Waals surface area contributed by atoms with E-state index in [4.69, 9.17) is 15.6 Å². The maximum atomic E-state index is 10.6. The van der Waals surface area contributed by atoms with Crippen LogP contribution >= 0.6 is 0 Å². The van der Waals surface area contributed by atoms with Crippen LogP contribution in [0.25, 0.3) is 0 Å². The molecule has 1 aliphatic rings. The van der Waals surface area contributed by atoms with E-state index in [2.05, 4.69) is 5.32 Å². The summed E-state index contributed by atoms with van der Waals surface area (Å²) in [6.07, 6.45) is 1.86. The Kier molecular flexibility index (Phi) is 5.03. The zero-order valence-electron chi connectivity index (χ0n) is 7.04. The largest absolute Gasteiger partial charge is 0.481 e. The van der Waals surface area contributed by atoms with Crippen LogP contribution in [0.15, 0.2) is 0 Å². The monoisotopic (exact) mass is 174 g/mol. The molecule has 1 aliphatic heterocycles. The lowest BCUT2D eigenvalue weighted by Crippen LogP contribution is -2.45. The van der Waals surface area contributed by atoms with Gasteiger partial charge in [-0.2, -0.15) is 0 Å². The molecule has 0 spiro atoms. The van der Waals surface area contributed by atoms with Crippen LogP contribution in [0, 0.1) is 0 Å². The molecule has 1 atom stereocenters. The van der Waals surface area contributed by atoms with Gasteiger partial charge in [0.25, 0.3) is 5.97 Å². The van der Waals surface area contributed by atoms with E-state index < -0.39 is 5.97 Å². The van der Waals surface area contributed by atoms with Crippen molar-refractivity contribution in [3.05, 3.63) is 0 Å². The molecule has 0 aromatic carbocycles. The summed E-state index contributed by atoms with van der Waals surface area (Å²) >= 11 is 0. The first-order valence-corrected chi connectivity index (χ1v) is 3.77. The smallest absolute Gasteiger partial charge is 0.300 e.